The standard InChI is InChI=1S/C11H11NS/c1-8(2)9-4-3-5-11-10(6-9)12-7-13-11/h4-8H,1-2H3. The maximum atomic E-state index is 4.30. The molecule has 0 aromatic carbocycles. The van der Waals surface area contributed by atoms with Crippen LogP contribution in [0, 0.1) is 5.92 Å². The number of fused-ring (bicyclic) bond motifs is 1. The molecule has 0 atom stereocenters. The maximum Gasteiger partial charge on any atom is 0.0821 e. The number of nitrogens with zero attached hydrogens (tertiary/aromatic N) is 1. The second-order valence-electron chi connectivity index (χ2n) is 3.36. The van der Waals surface area contributed by atoms with Crippen molar-refractivity contribution < 1.29 is 0 Å². The monoisotopic (exact) mass is 189 g/mol. The zero-order valence-corrected chi connectivity index (χ0v) is 8.56. The summed E-state index contributed by atoms with van der Waals surface area (Å²) in [4.78, 5) is 5.50. The summed E-state index contributed by atoms with van der Waals surface area (Å²) in [5, 5.41) is 0. The molecule has 0 bridgehead atoms. The molecular formula is C11H11NS. The van der Waals surface area contributed by atoms with Crippen LogP contribution in [0.1, 0.15) is 24.4 Å². The SMILES string of the molecule is CC(C)C1=Cc2ncsc2C=C=C1. The van der Waals surface area contributed by atoms with Gasteiger partial charge in [0.15, 0.2) is 0 Å². The number of rotatable bonds is 1. The summed E-state index contributed by atoms with van der Waals surface area (Å²) in [6.45, 7) is 4.36. The summed E-state index contributed by atoms with van der Waals surface area (Å²) in [6, 6.07) is 0. The average molecular weight is 189 g/mol. The topological polar surface area (TPSA) is 12.9 Å². The van der Waals surface area contributed by atoms with Gasteiger partial charge in [0.1, 0.15) is 0 Å². The van der Waals surface area contributed by atoms with Crippen molar-refractivity contribution in [2.75, 3.05) is 0 Å². The van der Waals surface area contributed by atoms with Crippen LogP contribution in [0.5, 0.6) is 0 Å². The minimum atomic E-state index is 0.536. The molecule has 0 saturated carbocycles. The molecule has 1 nitrogen and oxygen atoms in total. The molecule has 66 valence electrons. The average Bonchev–Trinajstić information content (AvgIpc) is 2.42. The van der Waals surface area contributed by atoms with Crippen molar-refractivity contribution in [2.45, 2.75) is 13.8 Å². The minimum Gasteiger partial charge on any atom is -0.245 e. The predicted octanol–water partition coefficient (Wildman–Crippen LogP) is 3.36. The summed E-state index contributed by atoms with van der Waals surface area (Å²) in [5.74, 6) is 0.536. The van der Waals surface area contributed by atoms with Gasteiger partial charge >= 0.3 is 0 Å². The van der Waals surface area contributed by atoms with E-state index in [2.05, 4.69) is 30.6 Å². The molecule has 13 heavy (non-hydrogen) atoms. The number of hydrogen-bond acceptors (Lipinski definition) is 2. The Balaban J connectivity index is 2.52. The molecule has 1 aromatic heterocycles. The smallest absolute Gasteiger partial charge is 0.0821 e. The van der Waals surface area contributed by atoms with Crippen molar-refractivity contribution in [2.24, 2.45) is 5.92 Å². The fourth-order valence-corrected chi connectivity index (χ4v) is 1.88. The van der Waals surface area contributed by atoms with Gasteiger partial charge in [0, 0.05) is 0 Å². The van der Waals surface area contributed by atoms with Gasteiger partial charge in [-0.1, -0.05) is 13.8 Å². The fraction of sp³-hybridized carbons (Fsp3) is 0.273. The molecule has 2 heteroatoms. The molecule has 0 radical (unpaired) electrons. The van der Waals surface area contributed by atoms with Crippen molar-refractivity contribution >= 4 is 23.5 Å². The molecule has 0 unspecified atom stereocenters. The third-order valence-corrected chi connectivity index (χ3v) is 2.85. The highest BCUT2D eigenvalue weighted by Gasteiger charge is 2.06. The van der Waals surface area contributed by atoms with Crippen LogP contribution in [0.25, 0.3) is 12.2 Å². The summed E-state index contributed by atoms with van der Waals surface area (Å²) >= 11 is 1.66. The van der Waals surface area contributed by atoms with E-state index in [-0.39, 0.29) is 0 Å². The van der Waals surface area contributed by atoms with Crippen LogP contribution in [-0.4, -0.2) is 4.98 Å². The lowest BCUT2D eigenvalue weighted by Crippen LogP contribution is -1.89. The van der Waals surface area contributed by atoms with Crippen LogP contribution in [0.4, 0.5) is 0 Å². The van der Waals surface area contributed by atoms with Gasteiger partial charge in [-0.25, -0.2) is 4.98 Å². The summed E-state index contributed by atoms with van der Waals surface area (Å²) < 4.78 is 0. The first-order valence-corrected chi connectivity index (χ1v) is 5.23. The Kier molecular flexibility index (Phi) is 2.17. The lowest BCUT2D eigenvalue weighted by atomic mass is 10.0. The molecule has 0 N–H and O–H groups in total. The molecule has 1 aliphatic rings. The van der Waals surface area contributed by atoms with Crippen molar-refractivity contribution in [3.63, 3.8) is 0 Å². The van der Waals surface area contributed by atoms with Crippen LogP contribution in [0.2, 0.25) is 0 Å². The molecule has 0 spiro atoms. The van der Waals surface area contributed by atoms with E-state index in [0.29, 0.717) is 5.92 Å². The van der Waals surface area contributed by atoms with Gasteiger partial charge in [0.25, 0.3) is 0 Å². The minimum absolute atomic E-state index is 0.536. The van der Waals surface area contributed by atoms with E-state index in [0.717, 1.165) is 5.69 Å². The molecule has 0 fully saturated rings. The first-order valence-electron chi connectivity index (χ1n) is 4.35. The third kappa shape index (κ3) is 1.64. The quantitative estimate of drug-likeness (QED) is 0.617. The Bertz CT molecular complexity index is 403. The number of thiazole rings is 1. The Hall–Kier alpha value is -1.11. The largest absolute Gasteiger partial charge is 0.245 e. The van der Waals surface area contributed by atoms with Crippen molar-refractivity contribution in [1.29, 1.82) is 0 Å². The highest BCUT2D eigenvalue weighted by atomic mass is 32.1. The second kappa shape index (κ2) is 3.33. The Labute approximate surface area is 82.1 Å². The Morgan fingerprint density at radius 2 is 2.23 bits per heavy atom. The molecule has 2 rings (SSSR count). The molecule has 1 aromatic rings. The Morgan fingerprint density at radius 1 is 1.38 bits per heavy atom. The van der Waals surface area contributed by atoms with Crippen LogP contribution < -0.4 is 0 Å². The van der Waals surface area contributed by atoms with Gasteiger partial charge in [-0.3, -0.25) is 0 Å². The van der Waals surface area contributed by atoms with E-state index < -0.39 is 0 Å². The lowest BCUT2D eigenvalue weighted by Gasteiger charge is -2.02. The zero-order chi connectivity index (χ0) is 9.26. The first kappa shape index (κ1) is 8.49. The molecule has 0 amide bonds. The van der Waals surface area contributed by atoms with Crippen molar-refractivity contribution in [3.05, 3.63) is 33.5 Å². The summed E-state index contributed by atoms with van der Waals surface area (Å²) in [5.41, 5.74) is 7.42. The van der Waals surface area contributed by atoms with E-state index in [1.54, 1.807) is 11.3 Å². The first-order chi connectivity index (χ1) is 6.27. The summed E-state index contributed by atoms with van der Waals surface area (Å²) in [7, 11) is 0. The maximum absolute atomic E-state index is 4.30. The molecule has 1 aliphatic carbocycles. The second-order valence-corrected chi connectivity index (χ2v) is 4.24. The van der Waals surface area contributed by atoms with E-state index in [9.17, 15) is 0 Å². The number of hydrogen-bond donors (Lipinski definition) is 0. The third-order valence-electron chi connectivity index (χ3n) is 2.06. The highest BCUT2D eigenvalue weighted by Crippen LogP contribution is 2.23. The fourth-order valence-electron chi connectivity index (χ4n) is 1.23. The van der Waals surface area contributed by atoms with E-state index in [4.69, 9.17) is 0 Å². The van der Waals surface area contributed by atoms with Gasteiger partial charge in [-0.15, -0.1) is 17.1 Å². The van der Waals surface area contributed by atoms with Gasteiger partial charge in [-0.2, -0.15) is 0 Å². The van der Waals surface area contributed by atoms with Crippen LogP contribution in [-0.2, 0) is 0 Å². The predicted molar refractivity (Wildman–Crippen MR) is 57.5 cm³/mol. The van der Waals surface area contributed by atoms with Crippen molar-refractivity contribution in [1.82, 2.24) is 4.98 Å². The van der Waals surface area contributed by atoms with E-state index >= 15 is 0 Å². The lowest BCUT2D eigenvalue weighted by molar-refractivity contribution is 0.797. The summed E-state index contributed by atoms with van der Waals surface area (Å²) in [6.07, 6.45) is 6.19. The van der Waals surface area contributed by atoms with Gasteiger partial charge in [-0.05, 0) is 29.7 Å². The molecule has 1 heterocycles. The van der Waals surface area contributed by atoms with Crippen LogP contribution in [0.3, 0.4) is 0 Å². The van der Waals surface area contributed by atoms with Gasteiger partial charge < -0.3 is 0 Å². The van der Waals surface area contributed by atoms with Crippen molar-refractivity contribution in [3.8, 4) is 0 Å². The van der Waals surface area contributed by atoms with Crippen LogP contribution in [0.15, 0.2) is 22.9 Å². The van der Waals surface area contributed by atoms with Gasteiger partial charge in [0.05, 0.1) is 16.1 Å². The molecule has 0 aliphatic heterocycles. The number of aromatic nitrogens is 1. The zero-order valence-electron chi connectivity index (χ0n) is 7.74. The Morgan fingerprint density at radius 3 is 3.00 bits per heavy atom. The normalized spacial score (nSPS) is 14.2. The van der Waals surface area contributed by atoms with Crippen LogP contribution >= 0.6 is 11.3 Å². The highest BCUT2D eigenvalue weighted by molar-refractivity contribution is 7.10. The number of allylic oxidation sites excluding steroid dienone is 2. The molecular weight excluding hydrogens is 178 g/mol. The van der Waals surface area contributed by atoms with E-state index in [1.165, 1.54) is 10.5 Å². The van der Waals surface area contributed by atoms with Gasteiger partial charge in [0.2, 0.25) is 0 Å². The molecule has 0 saturated heterocycles. The van der Waals surface area contributed by atoms with E-state index in [1.807, 2.05) is 17.7 Å².